The van der Waals surface area contributed by atoms with Crippen molar-refractivity contribution < 1.29 is 22.1 Å². The molecule has 0 aromatic heterocycles. The molecule has 0 heterocycles. The molecule has 0 radical (unpaired) electrons. The van der Waals surface area contributed by atoms with Gasteiger partial charge in [0.1, 0.15) is 16.4 Å². The van der Waals surface area contributed by atoms with E-state index in [1.54, 1.807) is 54.6 Å². The molecule has 6 nitrogen and oxygen atoms in total. The van der Waals surface area contributed by atoms with Crippen LogP contribution in [0.2, 0.25) is 0 Å². The summed E-state index contributed by atoms with van der Waals surface area (Å²) in [6.07, 6.45) is 0. The lowest BCUT2D eigenvalue weighted by Gasteiger charge is -2.10. The number of para-hydroxylation sites is 1. The molecule has 1 amide bonds. The van der Waals surface area contributed by atoms with Crippen LogP contribution in [-0.4, -0.2) is 21.4 Å². The van der Waals surface area contributed by atoms with Gasteiger partial charge in [0.15, 0.2) is 0 Å². The summed E-state index contributed by atoms with van der Waals surface area (Å²) in [5, 5.41) is 2.73. The minimum atomic E-state index is -3.91. The number of carbonyl (C=O) groups excluding carboxylic acids is 1. The Hall–Kier alpha value is -3.32. The molecular weight excluding hydrogens is 366 g/mol. The van der Waals surface area contributed by atoms with Crippen molar-refractivity contribution in [2.24, 2.45) is 0 Å². The summed E-state index contributed by atoms with van der Waals surface area (Å²) in [6.45, 7) is 0. The number of rotatable bonds is 6. The summed E-state index contributed by atoms with van der Waals surface area (Å²) in [5.74, 6) is 0.274. The van der Waals surface area contributed by atoms with Crippen LogP contribution in [0, 0.1) is 0 Å². The molecule has 1 N–H and O–H groups in total. The van der Waals surface area contributed by atoms with Gasteiger partial charge in [-0.05, 0) is 48.5 Å². The van der Waals surface area contributed by atoms with E-state index in [2.05, 4.69) is 5.32 Å². The minimum absolute atomic E-state index is 0.0681. The molecule has 0 aliphatic rings. The van der Waals surface area contributed by atoms with Gasteiger partial charge in [-0.25, -0.2) is 0 Å². The lowest BCUT2D eigenvalue weighted by molar-refractivity contribution is 0.102. The van der Waals surface area contributed by atoms with Crippen LogP contribution < -0.4 is 14.2 Å². The Bertz CT molecular complexity index is 1030. The Kier molecular flexibility index (Phi) is 5.42. The van der Waals surface area contributed by atoms with Crippen molar-refractivity contribution in [3.05, 3.63) is 84.4 Å². The summed E-state index contributed by atoms with van der Waals surface area (Å²) in [7, 11) is -2.41. The Labute approximate surface area is 157 Å². The van der Waals surface area contributed by atoms with Gasteiger partial charge in [-0.1, -0.05) is 30.3 Å². The van der Waals surface area contributed by atoms with Crippen LogP contribution >= 0.6 is 0 Å². The highest BCUT2D eigenvalue weighted by molar-refractivity contribution is 7.87. The standard InChI is InChI=1S/C20H17NO5S/c1-25-19-10-6-5-9-18(19)20(22)21-15-11-13-16(14-12-15)26-27(23,24)17-7-3-2-4-8-17/h2-14H,1H3,(H,21,22). The maximum absolute atomic E-state index is 12.4. The second kappa shape index (κ2) is 7.92. The zero-order valence-electron chi connectivity index (χ0n) is 14.5. The van der Waals surface area contributed by atoms with E-state index < -0.39 is 10.1 Å². The largest absolute Gasteiger partial charge is 0.496 e. The van der Waals surface area contributed by atoms with E-state index in [1.807, 2.05) is 0 Å². The van der Waals surface area contributed by atoms with Crippen LogP contribution in [-0.2, 0) is 10.1 Å². The fourth-order valence-electron chi connectivity index (χ4n) is 2.39. The van der Waals surface area contributed by atoms with E-state index in [0.29, 0.717) is 17.0 Å². The van der Waals surface area contributed by atoms with Crippen molar-refractivity contribution in [2.45, 2.75) is 4.90 Å². The third kappa shape index (κ3) is 4.45. The number of hydrogen-bond donors (Lipinski definition) is 1. The molecule has 138 valence electrons. The van der Waals surface area contributed by atoms with E-state index in [-0.39, 0.29) is 16.6 Å². The average molecular weight is 383 g/mol. The number of methoxy groups -OCH3 is 1. The zero-order valence-corrected chi connectivity index (χ0v) is 15.3. The molecule has 3 aromatic rings. The summed E-state index contributed by atoms with van der Waals surface area (Å²) >= 11 is 0. The van der Waals surface area contributed by atoms with Gasteiger partial charge in [-0.3, -0.25) is 4.79 Å². The number of hydrogen-bond acceptors (Lipinski definition) is 5. The number of benzene rings is 3. The SMILES string of the molecule is COc1ccccc1C(=O)Nc1ccc(OS(=O)(=O)c2ccccc2)cc1. The van der Waals surface area contributed by atoms with Crippen molar-refractivity contribution in [1.29, 1.82) is 0 Å². The van der Waals surface area contributed by atoms with Gasteiger partial charge < -0.3 is 14.2 Å². The van der Waals surface area contributed by atoms with E-state index in [4.69, 9.17) is 8.92 Å². The number of ether oxygens (including phenoxy) is 1. The van der Waals surface area contributed by atoms with Crippen molar-refractivity contribution in [2.75, 3.05) is 12.4 Å². The van der Waals surface area contributed by atoms with Crippen molar-refractivity contribution >= 4 is 21.7 Å². The summed E-state index contributed by atoms with van der Waals surface area (Å²) in [4.78, 5) is 12.4. The smallest absolute Gasteiger partial charge is 0.339 e. The molecule has 0 bridgehead atoms. The summed E-state index contributed by atoms with van der Waals surface area (Å²) in [5.41, 5.74) is 0.891. The fraction of sp³-hybridized carbons (Fsp3) is 0.0500. The molecule has 0 saturated carbocycles. The highest BCUT2D eigenvalue weighted by atomic mass is 32.2. The molecule has 3 aromatic carbocycles. The third-order valence-electron chi connectivity index (χ3n) is 3.70. The summed E-state index contributed by atoms with van der Waals surface area (Å²) in [6, 6.07) is 20.8. The number of amides is 1. The van der Waals surface area contributed by atoms with Crippen LogP contribution in [0.4, 0.5) is 5.69 Å². The first-order chi connectivity index (χ1) is 13.0. The van der Waals surface area contributed by atoms with Gasteiger partial charge in [0, 0.05) is 5.69 Å². The Morgan fingerprint density at radius 3 is 2.15 bits per heavy atom. The highest BCUT2D eigenvalue weighted by Gasteiger charge is 2.16. The first kappa shape index (κ1) is 18.5. The average Bonchev–Trinajstić information content (AvgIpc) is 2.70. The van der Waals surface area contributed by atoms with Crippen LogP contribution in [0.15, 0.2) is 83.8 Å². The fourth-order valence-corrected chi connectivity index (χ4v) is 3.34. The number of carbonyl (C=O) groups is 1. The molecule has 0 atom stereocenters. The van der Waals surface area contributed by atoms with Crippen LogP contribution in [0.1, 0.15) is 10.4 Å². The predicted molar refractivity (Wildman–Crippen MR) is 102 cm³/mol. The predicted octanol–water partition coefficient (Wildman–Crippen LogP) is 3.72. The maximum atomic E-state index is 12.4. The lowest BCUT2D eigenvalue weighted by Crippen LogP contribution is -2.13. The molecule has 3 rings (SSSR count). The van der Waals surface area contributed by atoms with Gasteiger partial charge in [0.05, 0.1) is 12.7 Å². The lowest BCUT2D eigenvalue weighted by atomic mass is 10.2. The Morgan fingerprint density at radius 2 is 1.48 bits per heavy atom. The Morgan fingerprint density at radius 1 is 0.852 bits per heavy atom. The van der Waals surface area contributed by atoms with E-state index in [0.717, 1.165) is 0 Å². The maximum Gasteiger partial charge on any atom is 0.339 e. The highest BCUT2D eigenvalue weighted by Crippen LogP contribution is 2.22. The van der Waals surface area contributed by atoms with Crippen LogP contribution in [0.25, 0.3) is 0 Å². The van der Waals surface area contributed by atoms with Gasteiger partial charge in [-0.2, -0.15) is 8.42 Å². The number of nitrogens with one attached hydrogen (secondary N) is 1. The normalized spacial score (nSPS) is 10.9. The van der Waals surface area contributed by atoms with Crippen molar-refractivity contribution in [3.63, 3.8) is 0 Å². The molecule has 0 saturated heterocycles. The quantitative estimate of drug-likeness (QED) is 0.656. The molecule has 0 spiro atoms. The van der Waals surface area contributed by atoms with Gasteiger partial charge in [0.25, 0.3) is 5.91 Å². The van der Waals surface area contributed by atoms with Gasteiger partial charge in [0.2, 0.25) is 0 Å². The summed E-state index contributed by atoms with van der Waals surface area (Å²) < 4.78 is 34.7. The second-order valence-corrected chi connectivity index (χ2v) is 7.08. The second-order valence-electron chi connectivity index (χ2n) is 5.53. The minimum Gasteiger partial charge on any atom is -0.496 e. The molecule has 0 unspecified atom stereocenters. The molecular formula is C20H17NO5S. The monoisotopic (exact) mass is 383 g/mol. The molecule has 0 fully saturated rings. The van der Waals surface area contributed by atoms with Crippen molar-refractivity contribution in [1.82, 2.24) is 0 Å². The van der Waals surface area contributed by atoms with E-state index in [9.17, 15) is 13.2 Å². The van der Waals surface area contributed by atoms with Crippen LogP contribution in [0.3, 0.4) is 0 Å². The van der Waals surface area contributed by atoms with E-state index in [1.165, 1.54) is 31.4 Å². The number of anilines is 1. The van der Waals surface area contributed by atoms with Gasteiger partial charge >= 0.3 is 10.1 Å². The van der Waals surface area contributed by atoms with Crippen LogP contribution in [0.5, 0.6) is 11.5 Å². The first-order valence-corrected chi connectivity index (χ1v) is 9.44. The van der Waals surface area contributed by atoms with E-state index >= 15 is 0 Å². The molecule has 27 heavy (non-hydrogen) atoms. The third-order valence-corrected chi connectivity index (χ3v) is 4.96. The zero-order chi connectivity index (χ0) is 19.3. The van der Waals surface area contributed by atoms with Gasteiger partial charge in [-0.15, -0.1) is 0 Å². The molecule has 0 aliphatic carbocycles. The molecule has 7 heteroatoms. The first-order valence-electron chi connectivity index (χ1n) is 8.03. The van der Waals surface area contributed by atoms with Crippen molar-refractivity contribution in [3.8, 4) is 11.5 Å². The molecule has 0 aliphatic heterocycles. The Balaban J connectivity index is 1.71. The topological polar surface area (TPSA) is 81.7 Å².